The number of piperidine rings is 1. The van der Waals surface area contributed by atoms with Crippen LogP contribution in [0.15, 0.2) is 11.4 Å². The lowest BCUT2D eigenvalue weighted by atomic mass is 9.56. The molecule has 2 amide bonds. The number of fused-ring (bicyclic) bond motifs is 1. The van der Waals surface area contributed by atoms with Gasteiger partial charge in [-0.05, 0) is 37.2 Å². The normalized spacial score (nSPS) is 18.4. The van der Waals surface area contributed by atoms with Crippen molar-refractivity contribution in [1.29, 1.82) is 0 Å². The topological polar surface area (TPSA) is 80.8 Å². The fourth-order valence-corrected chi connectivity index (χ4v) is 5.91. The van der Waals surface area contributed by atoms with E-state index in [1.54, 1.807) is 0 Å². The van der Waals surface area contributed by atoms with Gasteiger partial charge in [0.2, 0.25) is 0 Å². The molecule has 0 aromatic carbocycles. The van der Waals surface area contributed by atoms with Gasteiger partial charge in [-0.15, -0.1) is 24.5 Å². The van der Waals surface area contributed by atoms with Gasteiger partial charge in [0, 0.05) is 37.1 Å². The Balaban J connectivity index is 1.39. The molecule has 4 rings (SSSR count). The molecule has 0 radical (unpaired) electrons. The summed E-state index contributed by atoms with van der Waals surface area (Å²) in [4.78, 5) is 30.1. The van der Waals surface area contributed by atoms with Crippen molar-refractivity contribution < 1.29 is 45.4 Å². The van der Waals surface area contributed by atoms with Gasteiger partial charge in [-0.2, -0.15) is 13.2 Å². The van der Waals surface area contributed by atoms with Gasteiger partial charge in [0.25, 0.3) is 5.91 Å². The van der Waals surface area contributed by atoms with Crippen molar-refractivity contribution in [2.75, 3.05) is 33.4 Å². The number of amides is 2. The summed E-state index contributed by atoms with van der Waals surface area (Å²) in [5, 5.41) is 3.80. The number of hydrogen-bond acceptors (Lipinski definition) is 6. The maximum Gasteiger partial charge on any atom is 0.522 e. The van der Waals surface area contributed by atoms with Gasteiger partial charge >= 0.3 is 18.6 Å². The van der Waals surface area contributed by atoms with Gasteiger partial charge in [-0.25, -0.2) is 4.79 Å². The minimum absolute atomic E-state index is 0.0391. The molecule has 1 N–H and O–H groups in total. The molecule has 36 heavy (non-hydrogen) atoms. The fourth-order valence-electron chi connectivity index (χ4n) is 4.89. The van der Waals surface area contributed by atoms with Crippen molar-refractivity contribution in [2.45, 2.75) is 44.1 Å². The highest BCUT2D eigenvalue weighted by molar-refractivity contribution is 7.17. The summed E-state index contributed by atoms with van der Waals surface area (Å²) in [5.41, 5.74) is -0.538. The van der Waals surface area contributed by atoms with Crippen molar-refractivity contribution in [3.05, 3.63) is 28.3 Å². The SMILES string of the molecule is CNC(=O)c1csc2c(C(F)(F)F)cc(C3CC4(CCN(C(=O)OCCOC(F)(F)F)CC4)C3)nc12. The van der Waals surface area contributed by atoms with Crippen LogP contribution in [0.3, 0.4) is 0 Å². The van der Waals surface area contributed by atoms with Crippen LogP contribution in [0.5, 0.6) is 0 Å². The van der Waals surface area contributed by atoms with Crippen LogP contribution in [0.1, 0.15) is 53.2 Å². The number of pyridine rings is 1. The molecule has 2 fully saturated rings. The molecule has 1 spiro atoms. The predicted molar refractivity (Wildman–Crippen MR) is 117 cm³/mol. The number of rotatable bonds is 5. The number of alkyl halides is 6. The van der Waals surface area contributed by atoms with E-state index < -0.39 is 43.3 Å². The summed E-state index contributed by atoms with van der Waals surface area (Å²) in [6.45, 7) is -0.662. The van der Waals surface area contributed by atoms with Crippen LogP contribution in [0.4, 0.5) is 31.1 Å². The second-order valence-electron chi connectivity index (χ2n) is 9.00. The molecular formula is C22H23F6N3O4S. The van der Waals surface area contributed by atoms with E-state index in [0.29, 0.717) is 38.8 Å². The smallest absolute Gasteiger partial charge is 0.447 e. The number of carbonyl (C=O) groups is 2. The van der Waals surface area contributed by atoms with Crippen molar-refractivity contribution in [3.8, 4) is 0 Å². The average molecular weight is 539 g/mol. The molecule has 0 atom stereocenters. The van der Waals surface area contributed by atoms with Crippen LogP contribution in [0, 0.1) is 5.41 Å². The fraction of sp³-hybridized carbons (Fsp3) is 0.591. The number of thiophene rings is 1. The Morgan fingerprint density at radius 1 is 1.17 bits per heavy atom. The summed E-state index contributed by atoms with van der Waals surface area (Å²) < 4.78 is 85.6. The maximum atomic E-state index is 13.8. The molecule has 7 nitrogen and oxygen atoms in total. The molecule has 1 saturated heterocycles. The number of halogens is 6. The van der Waals surface area contributed by atoms with E-state index in [-0.39, 0.29) is 32.8 Å². The maximum absolute atomic E-state index is 13.8. The number of likely N-dealkylation sites (tertiary alicyclic amines) is 1. The molecular weight excluding hydrogens is 516 g/mol. The van der Waals surface area contributed by atoms with Crippen molar-refractivity contribution >= 4 is 33.6 Å². The summed E-state index contributed by atoms with van der Waals surface area (Å²) in [6, 6.07) is 1.07. The van der Waals surface area contributed by atoms with Crippen molar-refractivity contribution in [3.63, 3.8) is 0 Å². The highest BCUT2D eigenvalue weighted by atomic mass is 32.1. The molecule has 14 heteroatoms. The molecule has 2 aromatic rings. The van der Waals surface area contributed by atoms with Crippen LogP contribution in [-0.4, -0.2) is 61.6 Å². The van der Waals surface area contributed by atoms with E-state index in [4.69, 9.17) is 4.74 Å². The van der Waals surface area contributed by atoms with E-state index in [9.17, 15) is 35.9 Å². The number of hydrogen-bond donors (Lipinski definition) is 1. The third-order valence-corrected chi connectivity index (χ3v) is 7.76. The quantitative estimate of drug-likeness (QED) is 0.412. The van der Waals surface area contributed by atoms with E-state index in [1.807, 2.05) is 0 Å². The minimum atomic E-state index is -4.79. The van der Waals surface area contributed by atoms with Gasteiger partial charge in [0.15, 0.2) is 0 Å². The summed E-state index contributed by atoms with van der Waals surface area (Å²) in [7, 11) is 1.40. The molecule has 1 aliphatic carbocycles. The number of nitrogens with zero attached hydrogens (tertiary/aromatic N) is 2. The molecule has 2 aliphatic rings. The Morgan fingerprint density at radius 3 is 2.42 bits per heavy atom. The highest BCUT2D eigenvalue weighted by Crippen LogP contribution is 2.57. The third kappa shape index (κ3) is 5.53. The Kier molecular flexibility index (Phi) is 7.12. The Labute approximate surface area is 205 Å². The number of aromatic nitrogens is 1. The van der Waals surface area contributed by atoms with Crippen LogP contribution in [0.25, 0.3) is 10.2 Å². The monoisotopic (exact) mass is 539 g/mol. The lowest BCUT2D eigenvalue weighted by Crippen LogP contribution is -2.48. The summed E-state index contributed by atoms with van der Waals surface area (Å²) in [5.74, 6) is -0.723. The Bertz CT molecular complexity index is 1130. The molecule has 3 heterocycles. The molecule has 0 unspecified atom stereocenters. The van der Waals surface area contributed by atoms with Gasteiger partial charge < -0.3 is 15.0 Å². The minimum Gasteiger partial charge on any atom is -0.447 e. The zero-order chi connectivity index (χ0) is 26.3. The second-order valence-corrected chi connectivity index (χ2v) is 9.88. The molecule has 1 aliphatic heterocycles. The first-order valence-electron chi connectivity index (χ1n) is 11.2. The first-order chi connectivity index (χ1) is 16.8. The summed E-state index contributed by atoms with van der Waals surface area (Å²) in [6.07, 6.45) is -7.76. The first kappa shape index (κ1) is 26.5. The first-order valence-corrected chi connectivity index (χ1v) is 12.0. The highest BCUT2D eigenvalue weighted by Gasteiger charge is 2.48. The van der Waals surface area contributed by atoms with Gasteiger partial charge in [0.05, 0.1) is 28.0 Å². The molecule has 2 aromatic heterocycles. The standard InChI is InChI=1S/C22H23F6N3O4S/c1-29-18(32)13-11-36-17-14(21(23,24)25)8-15(30-16(13)17)12-9-20(10-12)2-4-31(5-3-20)19(33)34-6-7-35-22(26,27)28/h8,11-12H,2-7,9-10H2,1H3,(H,29,32). The van der Waals surface area contributed by atoms with Gasteiger partial charge in [0.1, 0.15) is 6.61 Å². The van der Waals surface area contributed by atoms with E-state index in [1.165, 1.54) is 17.3 Å². The third-order valence-electron chi connectivity index (χ3n) is 6.75. The van der Waals surface area contributed by atoms with Crippen LogP contribution in [0.2, 0.25) is 0 Å². The van der Waals surface area contributed by atoms with Crippen LogP contribution >= 0.6 is 11.3 Å². The number of carbonyl (C=O) groups excluding carboxylic acids is 2. The van der Waals surface area contributed by atoms with Crippen LogP contribution < -0.4 is 5.32 Å². The van der Waals surface area contributed by atoms with Crippen molar-refractivity contribution in [2.24, 2.45) is 5.41 Å². The van der Waals surface area contributed by atoms with Gasteiger partial charge in [-0.3, -0.25) is 14.5 Å². The summed E-state index contributed by atoms with van der Waals surface area (Å²) >= 11 is 0.834. The van der Waals surface area contributed by atoms with E-state index >= 15 is 0 Å². The average Bonchev–Trinajstić information content (AvgIpc) is 3.21. The van der Waals surface area contributed by atoms with Gasteiger partial charge in [-0.1, -0.05) is 0 Å². The zero-order valence-corrected chi connectivity index (χ0v) is 19.9. The Hall–Kier alpha value is -2.61. The number of ether oxygens (including phenoxy) is 2. The predicted octanol–water partition coefficient (Wildman–Crippen LogP) is 5.31. The lowest BCUT2D eigenvalue weighted by Gasteiger charge is -2.52. The second kappa shape index (κ2) is 9.69. The molecule has 1 saturated carbocycles. The van der Waals surface area contributed by atoms with E-state index in [2.05, 4.69) is 15.0 Å². The molecule has 0 bridgehead atoms. The Morgan fingerprint density at radius 2 is 1.83 bits per heavy atom. The largest absolute Gasteiger partial charge is 0.522 e. The zero-order valence-electron chi connectivity index (χ0n) is 19.1. The van der Waals surface area contributed by atoms with Crippen molar-refractivity contribution in [1.82, 2.24) is 15.2 Å². The van der Waals surface area contributed by atoms with E-state index in [0.717, 1.165) is 17.4 Å². The van der Waals surface area contributed by atoms with Crippen LogP contribution in [-0.2, 0) is 15.7 Å². The molecule has 198 valence electrons. The lowest BCUT2D eigenvalue weighted by molar-refractivity contribution is -0.326. The number of nitrogens with one attached hydrogen (secondary N) is 1.